The summed E-state index contributed by atoms with van der Waals surface area (Å²) < 4.78 is 33.3. The summed E-state index contributed by atoms with van der Waals surface area (Å²) in [6.45, 7) is 0.522. The molecule has 0 unspecified atom stereocenters. The normalized spacial score (nSPS) is 11.8. The van der Waals surface area contributed by atoms with Crippen LogP contribution in [0.1, 0.15) is 41.1 Å². The van der Waals surface area contributed by atoms with E-state index in [4.69, 9.17) is 15.6 Å². The molecule has 0 aliphatic carbocycles. The summed E-state index contributed by atoms with van der Waals surface area (Å²) >= 11 is 0. The molecule has 5 aromatic rings. The number of carboxylic acid groups (broad SMARTS) is 1. The molecule has 18 heteroatoms. The zero-order chi connectivity index (χ0) is 41.2. The molecule has 0 radical (unpaired) electrons. The number of benzene rings is 4. The molecule has 0 bridgehead atoms. The number of urea groups is 1. The summed E-state index contributed by atoms with van der Waals surface area (Å²) in [4.78, 5) is 52.8. The number of guanidine groups is 1. The number of aliphatic imine (C=N–C) groups is 1. The van der Waals surface area contributed by atoms with Gasteiger partial charge in [0.1, 0.15) is 17.5 Å². The molecule has 0 aliphatic heterocycles. The molecule has 15 nitrogen and oxygen atoms in total. The second-order valence-electron chi connectivity index (χ2n) is 12.2. The van der Waals surface area contributed by atoms with E-state index in [0.717, 1.165) is 22.4 Å². The summed E-state index contributed by atoms with van der Waals surface area (Å²) in [7, 11) is 0. The highest BCUT2D eigenvalue weighted by molar-refractivity contribution is 5.95. The van der Waals surface area contributed by atoms with Gasteiger partial charge in [0.15, 0.2) is 5.96 Å². The van der Waals surface area contributed by atoms with Crippen LogP contribution in [0.3, 0.4) is 0 Å². The van der Waals surface area contributed by atoms with Crippen molar-refractivity contribution < 1.29 is 42.6 Å². The number of nitrogens with one attached hydrogen (secondary N) is 4. The lowest BCUT2D eigenvalue weighted by Gasteiger charge is -2.23. The standard InChI is InChI=1S/C37H39N9O4.C2HF3O2/c38-36(43-37(50)41-24-29-25-46(45-44-29)30-15-8-3-9-16-30)39-22-10-17-32(34(48)40-23-26-18-20-31(47)21-19-26)42-35(49)33(27-11-4-1-5-12-27)28-13-6-2-7-14-28;3-2(4,5)1(6)7/h1-9,11-16,18-21,25,32-33,47H,10,17,22-24H2,(H,40,48)(H,42,49)(H4,38,39,41,43,50);(H,6,7)/t32-;/m1./s1. The average Bonchev–Trinajstić information content (AvgIpc) is 3.68. The van der Waals surface area contributed by atoms with Crippen LogP contribution in [-0.4, -0.2) is 73.7 Å². The van der Waals surface area contributed by atoms with Crippen molar-refractivity contribution in [1.29, 1.82) is 0 Å². The zero-order valence-electron chi connectivity index (χ0n) is 30.3. The van der Waals surface area contributed by atoms with Crippen molar-refractivity contribution in [3.8, 4) is 11.4 Å². The molecule has 0 saturated carbocycles. The maximum atomic E-state index is 13.8. The van der Waals surface area contributed by atoms with E-state index in [0.29, 0.717) is 12.1 Å². The Kier molecular flexibility index (Phi) is 15.7. The van der Waals surface area contributed by atoms with Gasteiger partial charge in [-0.05, 0) is 53.8 Å². The molecule has 57 heavy (non-hydrogen) atoms. The highest BCUT2D eigenvalue weighted by Crippen LogP contribution is 2.25. The lowest BCUT2D eigenvalue weighted by atomic mass is 9.90. The molecule has 1 atom stereocenters. The van der Waals surface area contributed by atoms with Crippen LogP contribution in [0, 0.1) is 0 Å². The number of carboxylic acids is 1. The first-order chi connectivity index (χ1) is 27.3. The van der Waals surface area contributed by atoms with Crippen molar-refractivity contribution in [2.24, 2.45) is 10.7 Å². The van der Waals surface area contributed by atoms with Gasteiger partial charge in [0.2, 0.25) is 11.8 Å². The summed E-state index contributed by atoms with van der Waals surface area (Å²) in [5.74, 6) is -4.06. The average molecular weight is 788 g/mol. The van der Waals surface area contributed by atoms with Crippen LogP contribution in [-0.2, 0) is 27.5 Å². The predicted molar refractivity (Wildman–Crippen MR) is 203 cm³/mol. The summed E-state index contributed by atoms with van der Waals surface area (Å²) in [6, 6.07) is 33.3. The molecular formula is C39H40F3N9O6. The van der Waals surface area contributed by atoms with E-state index in [-0.39, 0.29) is 49.6 Å². The topological polar surface area (TPSA) is 226 Å². The van der Waals surface area contributed by atoms with E-state index in [1.54, 1.807) is 35.1 Å². The number of halogens is 3. The van der Waals surface area contributed by atoms with Gasteiger partial charge in [-0.15, -0.1) is 5.10 Å². The van der Waals surface area contributed by atoms with Gasteiger partial charge in [-0.2, -0.15) is 13.2 Å². The van der Waals surface area contributed by atoms with Gasteiger partial charge in [-0.25, -0.2) is 14.3 Å². The minimum absolute atomic E-state index is 0.0963. The summed E-state index contributed by atoms with van der Waals surface area (Å²) in [5.41, 5.74) is 9.72. The Morgan fingerprint density at radius 1 is 0.789 bits per heavy atom. The van der Waals surface area contributed by atoms with Crippen molar-refractivity contribution in [3.05, 3.63) is 144 Å². The third kappa shape index (κ3) is 14.2. The molecule has 4 aromatic carbocycles. The Hall–Kier alpha value is -7.24. The molecule has 0 saturated heterocycles. The smallest absolute Gasteiger partial charge is 0.490 e. The number of nitrogens with two attached hydrogens (primary N) is 1. The number of carbonyl (C=O) groups is 4. The van der Waals surface area contributed by atoms with E-state index < -0.39 is 30.1 Å². The second kappa shape index (κ2) is 21.0. The third-order valence-corrected chi connectivity index (χ3v) is 7.97. The van der Waals surface area contributed by atoms with E-state index in [1.807, 2.05) is 91.0 Å². The van der Waals surface area contributed by atoms with Gasteiger partial charge >= 0.3 is 18.2 Å². The van der Waals surface area contributed by atoms with Crippen LogP contribution < -0.4 is 27.0 Å². The van der Waals surface area contributed by atoms with Crippen LogP contribution in [0.4, 0.5) is 18.0 Å². The molecule has 298 valence electrons. The molecule has 5 rings (SSSR count). The number of hydrogen-bond acceptors (Lipinski definition) is 8. The van der Waals surface area contributed by atoms with Crippen molar-refractivity contribution in [2.45, 2.75) is 44.1 Å². The maximum Gasteiger partial charge on any atom is 0.490 e. The number of hydrogen-bond donors (Lipinski definition) is 7. The Bertz CT molecular complexity index is 2040. The third-order valence-electron chi connectivity index (χ3n) is 7.97. The fraction of sp³-hybridized carbons (Fsp3) is 0.205. The van der Waals surface area contributed by atoms with Gasteiger partial charge in [-0.1, -0.05) is 96.2 Å². The second-order valence-corrected chi connectivity index (χ2v) is 12.2. The summed E-state index contributed by atoms with van der Waals surface area (Å²) in [5, 5.41) is 35.9. The molecule has 4 amide bonds. The highest BCUT2D eigenvalue weighted by Gasteiger charge is 2.38. The number of carbonyl (C=O) groups excluding carboxylic acids is 3. The fourth-order valence-corrected chi connectivity index (χ4v) is 5.19. The summed E-state index contributed by atoms with van der Waals surface area (Å²) in [6.07, 6.45) is -2.74. The number of rotatable bonds is 14. The largest absolute Gasteiger partial charge is 0.508 e. The van der Waals surface area contributed by atoms with Crippen molar-refractivity contribution in [2.75, 3.05) is 6.54 Å². The lowest BCUT2D eigenvalue weighted by molar-refractivity contribution is -0.192. The van der Waals surface area contributed by atoms with E-state index in [9.17, 15) is 32.7 Å². The minimum Gasteiger partial charge on any atom is -0.508 e. The van der Waals surface area contributed by atoms with Crippen molar-refractivity contribution in [3.63, 3.8) is 0 Å². The Morgan fingerprint density at radius 3 is 1.91 bits per heavy atom. The van der Waals surface area contributed by atoms with Gasteiger partial charge < -0.3 is 31.9 Å². The molecule has 0 fully saturated rings. The quantitative estimate of drug-likeness (QED) is 0.0487. The first-order valence-electron chi connectivity index (χ1n) is 17.4. The molecule has 1 heterocycles. The fourth-order valence-electron chi connectivity index (χ4n) is 5.19. The number of aromatic hydroxyl groups is 1. The molecule has 8 N–H and O–H groups in total. The lowest BCUT2D eigenvalue weighted by Crippen LogP contribution is -2.48. The number of para-hydroxylation sites is 1. The van der Waals surface area contributed by atoms with Gasteiger partial charge in [0, 0.05) is 13.1 Å². The van der Waals surface area contributed by atoms with Crippen LogP contribution in [0.15, 0.2) is 126 Å². The van der Waals surface area contributed by atoms with Gasteiger partial charge in [-0.3, -0.25) is 19.9 Å². The van der Waals surface area contributed by atoms with E-state index >= 15 is 0 Å². The van der Waals surface area contributed by atoms with Gasteiger partial charge in [0.25, 0.3) is 0 Å². The first kappa shape index (κ1) is 42.5. The molecule has 0 aliphatic rings. The minimum atomic E-state index is -5.08. The van der Waals surface area contributed by atoms with E-state index in [1.165, 1.54) is 0 Å². The number of aromatic nitrogens is 3. The van der Waals surface area contributed by atoms with Crippen LogP contribution in [0.5, 0.6) is 5.75 Å². The van der Waals surface area contributed by atoms with Crippen LogP contribution in [0.2, 0.25) is 0 Å². The maximum absolute atomic E-state index is 13.8. The van der Waals surface area contributed by atoms with Gasteiger partial charge in [0.05, 0.1) is 24.3 Å². The SMILES string of the molecule is NC(=NCCC[C@@H](NC(=O)C(c1ccccc1)c1ccccc1)C(=O)NCc1ccc(O)cc1)NC(=O)NCc1cn(-c2ccccc2)nn1.O=C(O)C(F)(F)F. The van der Waals surface area contributed by atoms with Crippen molar-refractivity contribution in [1.82, 2.24) is 36.3 Å². The Morgan fingerprint density at radius 2 is 1.35 bits per heavy atom. The monoisotopic (exact) mass is 787 g/mol. The number of phenols is 1. The zero-order valence-corrected chi connectivity index (χ0v) is 30.3. The Balaban J connectivity index is 0.000000940. The Labute approximate surface area is 324 Å². The first-order valence-corrected chi connectivity index (χ1v) is 17.4. The number of alkyl halides is 3. The van der Waals surface area contributed by atoms with Crippen LogP contribution in [0.25, 0.3) is 5.69 Å². The highest BCUT2D eigenvalue weighted by atomic mass is 19.4. The number of nitrogens with zero attached hydrogens (tertiary/aromatic N) is 4. The predicted octanol–water partition coefficient (Wildman–Crippen LogP) is 4.13. The van der Waals surface area contributed by atoms with Crippen LogP contribution >= 0.6 is 0 Å². The van der Waals surface area contributed by atoms with E-state index in [2.05, 4.69) is 36.6 Å². The molecule has 1 aromatic heterocycles. The number of aliphatic carboxylic acids is 1. The molecular weight excluding hydrogens is 747 g/mol. The molecule has 0 spiro atoms. The van der Waals surface area contributed by atoms with Crippen molar-refractivity contribution >= 4 is 29.8 Å². The number of phenolic OH excluding ortho intramolecular Hbond substituents is 1. The number of amides is 4.